The van der Waals surface area contributed by atoms with E-state index in [4.69, 9.17) is 28.9 Å². The number of halogens is 3. The minimum Gasteiger partial charge on any atom is -0.328 e. The highest BCUT2D eigenvalue weighted by Gasteiger charge is 2.30. The number of nitrogens with two attached hydrogens (primary N) is 1. The van der Waals surface area contributed by atoms with E-state index in [-0.39, 0.29) is 21.0 Å². The largest absolute Gasteiger partial charge is 0.328 e. The number of hydrogen-bond acceptors (Lipinski definition) is 3. The molecule has 19 heavy (non-hydrogen) atoms. The summed E-state index contributed by atoms with van der Waals surface area (Å²) in [7, 11) is -3.61. The zero-order chi connectivity index (χ0) is 14.2. The number of benzene rings is 1. The van der Waals surface area contributed by atoms with Gasteiger partial charge in [-0.2, -0.15) is 4.31 Å². The molecule has 1 aromatic rings. The van der Waals surface area contributed by atoms with Gasteiger partial charge in [0.2, 0.25) is 10.0 Å². The smallest absolute Gasteiger partial charge is 0.244 e. The first-order valence-electron chi connectivity index (χ1n) is 5.73. The van der Waals surface area contributed by atoms with Crippen LogP contribution in [0.4, 0.5) is 0 Å². The zero-order valence-corrected chi connectivity index (χ0v) is 13.9. The van der Waals surface area contributed by atoms with Gasteiger partial charge in [-0.1, -0.05) is 23.2 Å². The maximum atomic E-state index is 12.5. The van der Waals surface area contributed by atoms with Crippen molar-refractivity contribution >= 4 is 49.2 Å². The molecular weight excluding hydrogens is 375 g/mol. The second-order valence-corrected chi connectivity index (χ2v) is 7.93. The monoisotopic (exact) mass is 386 g/mol. The van der Waals surface area contributed by atoms with Gasteiger partial charge in [0.25, 0.3) is 0 Å². The summed E-state index contributed by atoms with van der Waals surface area (Å²) in [5.41, 5.74) is 5.78. The van der Waals surface area contributed by atoms with Crippen LogP contribution in [-0.4, -0.2) is 31.9 Å². The van der Waals surface area contributed by atoms with Gasteiger partial charge in [-0.05, 0) is 40.9 Å². The Hall–Kier alpha value is 0.150. The Morgan fingerprint density at radius 3 is 2.37 bits per heavy atom. The maximum Gasteiger partial charge on any atom is 0.244 e. The van der Waals surface area contributed by atoms with Gasteiger partial charge in [-0.3, -0.25) is 0 Å². The van der Waals surface area contributed by atoms with Crippen LogP contribution in [0.15, 0.2) is 21.5 Å². The van der Waals surface area contributed by atoms with Gasteiger partial charge in [-0.25, -0.2) is 8.42 Å². The number of rotatable bonds is 2. The minimum atomic E-state index is -3.61. The molecule has 0 bridgehead atoms. The summed E-state index contributed by atoms with van der Waals surface area (Å²) in [6.45, 7) is 0.820. The van der Waals surface area contributed by atoms with E-state index in [1.807, 2.05) is 0 Å². The first-order chi connectivity index (χ1) is 8.84. The highest BCUT2D eigenvalue weighted by Crippen LogP contribution is 2.36. The van der Waals surface area contributed by atoms with Crippen molar-refractivity contribution in [2.45, 2.75) is 23.8 Å². The summed E-state index contributed by atoms with van der Waals surface area (Å²) in [6, 6.07) is 3.11. The molecule has 106 valence electrons. The fourth-order valence-corrected chi connectivity index (χ4v) is 4.62. The van der Waals surface area contributed by atoms with E-state index in [0.717, 1.165) is 0 Å². The number of piperidine rings is 1. The van der Waals surface area contributed by atoms with Gasteiger partial charge in [0.1, 0.15) is 4.90 Å². The lowest BCUT2D eigenvalue weighted by atomic mass is 10.1. The Balaban J connectivity index is 2.38. The molecule has 0 aliphatic carbocycles. The molecule has 1 heterocycles. The highest BCUT2D eigenvalue weighted by atomic mass is 79.9. The van der Waals surface area contributed by atoms with Crippen molar-refractivity contribution in [2.75, 3.05) is 13.1 Å². The lowest BCUT2D eigenvalue weighted by Crippen LogP contribution is -2.42. The standard InChI is InChI=1S/C11H13BrCl2N2O2S/c12-8-1-2-9(11(14)10(8)13)19(17,18)16-5-3-7(15)4-6-16/h1-2,7H,3-6,15H2. The first kappa shape index (κ1) is 15.5. The number of nitrogens with zero attached hydrogens (tertiary/aromatic N) is 1. The maximum absolute atomic E-state index is 12.5. The van der Waals surface area contributed by atoms with Gasteiger partial charge in [0.05, 0.1) is 10.0 Å². The minimum absolute atomic E-state index is 0.0397. The lowest BCUT2D eigenvalue weighted by molar-refractivity contribution is 0.320. The molecule has 2 N–H and O–H groups in total. The predicted molar refractivity (Wildman–Crippen MR) is 80.1 cm³/mol. The van der Waals surface area contributed by atoms with Crippen LogP contribution < -0.4 is 5.73 Å². The molecule has 1 aliphatic heterocycles. The van der Waals surface area contributed by atoms with Crippen molar-refractivity contribution < 1.29 is 8.42 Å². The lowest BCUT2D eigenvalue weighted by Gasteiger charge is -2.29. The van der Waals surface area contributed by atoms with Crippen LogP contribution in [-0.2, 0) is 10.0 Å². The fourth-order valence-electron chi connectivity index (χ4n) is 1.96. The average molecular weight is 388 g/mol. The van der Waals surface area contributed by atoms with Crippen LogP contribution in [0.5, 0.6) is 0 Å². The third-order valence-corrected chi connectivity index (χ3v) is 6.94. The van der Waals surface area contributed by atoms with Crippen molar-refractivity contribution in [3.8, 4) is 0 Å². The summed E-state index contributed by atoms with van der Waals surface area (Å²) in [6.07, 6.45) is 1.31. The molecule has 1 aliphatic rings. The van der Waals surface area contributed by atoms with Gasteiger partial charge < -0.3 is 5.73 Å². The number of sulfonamides is 1. The summed E-state index contributed by atoms with van der Waals surface area (Å²) in [5, 5.41) is 0.252. The molecule has 0 radical (unpaired) electrons. The Labute approximate surface area is 131 Å². The van der Waals surface area contributed by atoms with E-state index < -0.39 is 10.0 Å². The van der Waals surface area contributed by atoms with E-state index >= 15 is 0 Å². The summed E-state index contributed by atoms with van der Waals surface area (Å²) in [4.78, 5) is 0.0397. The first-order valence-corrected chi connectivity index (χ1v) is 8.72. The second kappa shape index (κ2) is 5.87. The Morgan fingerprint density at radius 2 is 1.79 bits per heavy atom. The Bertz CT molecular complexity index is 587. The summed E-state index contributed by atoms with van der Waals surface area (Å²) in [5.74, 6) is 0. The summed E-state index contributed by atoms with van der Waals surface area (Å²) >= 11 is 15.2. The second-order valence-electron chi connectivity index (χ2n) is 4.42. The molecule has 0 saturated carbocycles. The quantitative estimate of drug-likeness (QED) is 0.793. The van der Waals surface area contributed by atoms with Crippen molar-refractivity contribution in [2.24, 2.45) is 5.73 Å². The van der Waals surface area contributed by atoms with E-state index in [1.54, 1.807) is 6.07 Å². The molecule has 1 saturated heterocycles. The molecule has 2 rings (SSSR count). The summed E-state index contributed by atoms with van der Waals surface area (Å²) < 4.78 is 27.0. The normalized spacial score (nSPS) is 18.7. The molecule has 0 spiro atoms. The average Bonchev–Trinajstić information content (AvgIpc) is 2.36. The van der Waals surface area contributed by atoms with Crippen LogP contribution >= 0.6 is 39.1 Å². The third kappa shape index (κ3) is 3.09. The molecular formula is C11H13BrCl2N2O2S. The van der Waals surface area contributed by atoms with Gasteiger partial charge in [0, 0.05) is 23.6 Å². The zero-order valence-electron chi connectivity index (χ0n) is 9.94. The van der Waals surface area contributed by atoms with Crippen molar-refractivity contribution in [3.05, 3.63) is 26.7 Å². The van der Waals surface area contributed by atoms with Gasteiger partial charge >= 0.3 is 0 Å². The van der Waals surface area contributed by atoms with Crippen LogP contribution in [0.1, 0.15) is 12.8 Å². The van der Waals surface area contributed by atoms with Gasteiger partial charge in [0.15, 0.2) is 0 Å². The van der Waals surface area contributed by atoms with E-state index in [9.17, 15) is 8.42 Å². The van der Waals surface area contributed by atoms with Crippen LogP contribution in [0.2, 0.25) is 10.0 Å². The molecule has 8 heteroatoms. The molecule has 0 aromatic heterocycles. The SMILES string of the molecule is NC1CCN(S(=O)(=O)c2ccc(Br)c(Cl)c2Cl)CC1. The van der Waals surface area contributed by atoms with Crippen molar-refractivity contribution in [3.63, 3.8) is 0 Å². The van der Waals surface area contributed by atoms with E-state index in [1.165, 1.54) is 10.4 Å². The van der Waals surface area contributed by atoms with E-state index in [0.29, 0.717) is 30.4 Å². The Kier molecular flexibility index (Phi) is 4.80. The van der Waals surface area contributed by atoms with Gasteiger partial charge in [-0.15, -0.1) is 0 Å². The molecule has 0 atom stereocenters. The number of hydrogen-bond donors (Lipinski definition) is 1. The molecule has 0 amide bonds. The Morgan fingerprint density at radius 1 is 1.21 bits per heavy atom. The van der Waals surface area contributed by atoms with Crippen molar-refractivity contribution in [1.82, 2.24) is 4.31 Å². The van der Waals surface area contributed by atoms with E-state index in [2.05, 4.69) is 15.9 Å². The fraction of sp³-hybridized carbons (Fsp3) is 0.455. The van der Waals surface area contributed by atoms with Crippen LogP contribution in [0, 0.1) is 0 Å². The molecule has 1 fully saturated rings. The highest BCUT2D eigenvalue weighted by molar-refractivity contribution is 9.10. The van der Waals surface area contributed by atoms with Crippen molar-refractivity contribution in [1.29, 1.82) is 0 Å². The molecule has 1 aromatic carbocycles. The molecule has 0 unspecified atom stereocenters. The molecule has 4 nitrogen and oxygen atoms in total. The van der Waals surface area contributed by atoms with Crippen LogP contribution in [0.25, 0.3) is 0 Å². The topological polar surface area (TPSA) is 63.4 Å². The third-order valence-electron chi connectivity index (χ3n) is 3.12. The predicted octanol–water partition coefficient (Wildman–Crippen LogP) is 2.87. The van der Waals surface area contributed by atoms with Crippen LogP contribution in [0.3, 0.4) is 0 Å².